The van der Waals surface area contributed by atoms with E-state index >= 15 is 0 Å². The number of carboxylic acids is 1. The second-order valence-corrected chi connectivity index (χ2v) is 3.73. The molecule has 0 saturated heterocycles. The van der Waals surface area contributed by atoms with Crippen molar-refractivity contribution in [2.45, 2.75) is 6.17 Å². The van der Waals surface area contributed by atoms with Crippen LogP contribution in [0.2, 0.25) is 5.02 Å². The summed E-state index contributed by atoms with van der Waals surface area (Å²) in [7, 11) is 0. The maximum atomic E-state index is 13.6. The molecule has 2 aromatic rings. The van der Waals surface area contributed by atoms with Crippen LogP contribution < -0.4 is 0 Å². The lowest BCUT2D eigenvalue weighted by atomic mass is 10.2. The van der Waals surface area contributed by atoms with Crippen LogP contribution >= 0.6 is 11.6 Å². The molecule has 0 spiro atoms. The van der Waals surface area contributed by atoms with Crippen molar-refractivity contribution in [1.29, 1.82) is 0 Å². The molecule has 0 bridgehead atoms. The predicted octanol–water partition coefficient (Wildman–Crippen LogP) is 2.62. The fraction of sp³-hybridized carbons (Fsp3) is 0.0909. The van der Waals surface area contributed by atoms with E-state index in [1.165, 1.54) is 10.9 Å². The van der Waals surface area contributed by atoms with E-state index in [0.717, 1.165) is 0 Å². The van der Waals surface area contributed by atoms with Gasteiger partial charge >= 0.3 is 5.97 Å². The molecular weight excluding hydrogens is 247 g/mol. The van der Waals surface area contributed by atoms with E-state index < -0.39 is 12.1 Å². The Morgan fingerprint density at radius 1 is 1.41 bits per heavy atom. The number of para-hydroxylation sites is 1. The van der Waals surface area contributed by atoms with Crippen LogP contribution in [-0.4, -0.2) is 20.9 Å². The zero-order chi connectivity index (χ0) is 12.4. The first-order valence-corrected chi connectivity index (χ1v) is 5.15. The SMILES string of the molecule is O=C(O)C(F)c1c(Cl)cnn1-c1ccccc1. The molecule has 6 heteroatoms. The summed E-state index contributed by atoms with van der Waals surface area (Å²) in [6.45, 7) is 0. The Labute approximate surface area is 101 Å². The maximum Gasteiger partial charge on any atom is 0.344 e. The summed E-state index contributed by atoms with van der Waals surface area (Å²) in [4.78, 5) is 10.7. The van der Waals surface area contributed by atoms with Crippen LogP contribution in [-0.2, 0) is 4.79 Å². The molecular formula is C11H8ClFN2O2. The number of carboxylic acid groups (broad SMARTS) is 1. The second-order valence-electron chi connectivity index (χ2n) is 3.33. The first-order chi connectivity index (χ1) is 8.11. The minimum Gasteiger partial charge on any atom is -0.479 e. The smallest absolute Gasteiger partial charge is 0.344 e. The Morgan fingerprint density at radius 3 is 2.65 bits per heavy atom. The Morgan fingerprint density at radius 2 is 2.06 bits per heavy atom. The first-order valence-electron chi connectivity index (χ1n) is 4.77. The van der Waals surface area contributed by atoms with Gasteiger partial charge in [-0.3, -0.25) is 0 Å². The molecule has 1 aromatic heterocycles. The Kier molecular flexibility index (Phi) is 3.10. The molecule has 1 atom stereocenters. The molecule has 0 aliphatic heterocycles. The Balaban J connectivity index is 2.54. The standard InChI is InChI=1S/C11H8ClFN2O2/c12-8-6-14-15(7-4-2-1-3-5-7)10(8)9(13)11(16)17/h1-6,9H,(H,16,17). The lowest BCUT2D eigenvalue weighted by molar-refractivity contribution is -0.143. The van der Waals surface area contributed by atoms with Gasteiger partial charge in [0.2, 0.25) is 6.17 Å². The molecule has 1 aromatic carbocycles. The number of benzene rings is 1. The van der Waals surface area contributed by atoms with Gasteiger partial charge in [-0.1, -0.05) is 29.8 Å². The van der Waals surface area contributed by atoms with Crippen LogP contribution in [0.3, 0.4) is 0 Å². The van der Waals surface area contributed by atoms with Gasteiger partial charge in [0.15, 0.2) is 0 Å². The molecule has 88 valence electrons. The van der Waals surface area contributed by atoms with E-state index in [0.29, 0.717) is 5.69 Å². The molecule has 1 heterocycles. The summed E-state index contributed by atoms with van der Waals surface area (Å²) < 4.78 is 14.7. The summed E-state index contributed by atoms with van der Waals surface area (Å²) in [6.07, 6.45) is -0.982. The van der Waals surface area contributed by atoms with E-state index in [-0.39, 0.29) is 10.7 Å². The molecule has 17 heavy (non-hydrogen) atoms. The number of hydrogen-bond donors (Lipinski definition) is 1. The molecule has 0 fully saturated rings. The van der Waals surface area contributed by atoms with Crippen molar-refractivity contribution in [3.63, 3.8) is 0 Å². The summed E-state index contributed by atoms with van der Waals surface area (Å²) >= 11 is 5.75. The number of nitrogens with zero attached hydrogens (tertiary/aromatic N) is 2. The number of rotatable bonds is 3. The lowest BCUT2D eigenvalue weighted by Gasteiger charge is -2.08. The average Bonchev–Trinajstić information content (AvgIpc) is 2.71. The van der Waals surface area contributed by atoms with Crippen molar-refractivity contribution < 1.29 is 14.3 Å². The number of hydrogen-bond acceptors (Lipinski definition) is 2. The van der Waals surface area contributed by atoms with Crippen LogP contribution in [0.4, 0.5) is 4.39 Å². The topological polar surface area (TPSA) is 55.1 Å². The van der Waals surface area contributed by atoms with E-state index in [4.69, 9.17) is 16.7 Å². The third-order valence-corrected chi connectivity index (χ3v) is 2.51. The van der Waals surface area contributed by atoms with Gasteiger partial charge in [-0.2, -0.15) is 5.10 Å². The van der Waals surface area contributed by atoms with Crippen molar-refractivity contribution in [3.8, 4) is 5.69 Å². The highest BCUT2D eigenvalue weighted by atomic mass is 35.5. The predicted molar refractivity (Wildman–Crippen MR) is 60.1 cm³/mol. The van der Waals surface area contributed by atoms with Crippen molar-refractivity contribution in [1.82, 2.24) is 9.78 Å². The molecule has 1 N–H and O–H groups in total. The van der Waals surface area contributed by atoms with Gasteiger partial charge in [0.25, 0.3) is 0 Å². The zero-order valence-electron chi connectivity index (χ0n) is 8.55. The number of carbonyl (C=O) groups is 1. The summed E-state index contributed by atoms with van der Waals surface area (Å²) in [6, 6.07) is 8.63. The monoisotopic (exact) mass is 254 g/mol. The molecule has 4 nitrogen and oxygen atoms in total. The third kappa shape index (κ3) is 2.14. The van der Waals surface area contributed by atoms with Gasteiger partial charge < -0.3 is 5.11 Å². The van der Waals surface area contributed by atoms with Crippen LogP contribution in [0.15, 0.2) is 36.5 Å². The number of aliphatic carboxylic acids is 1. The summed E-state index contributed by atoms with van der Waals surface area (Å²) in [5, 5.41) is 12.5. The normalized spacial score (nSPS) is 12.4. The van der Waals surface area contributed by atoms with Gasteiger partial charge in [-0.05, 0) is 12.1 Å². The van der Waals surface area contributed by atoms with Gasteiger partial charge in [0, 0.05) is 0 Å². The highest BCUT2D eigenvalue weighted by molar-refractivity contribution is 6.31. The van der Waals surface area contributed by atoms with E-state index in [9.17, 15) is 9.18 Å². The average molecular weight is 255 g/mol. The van der Waals surface area contributed by atoms with E-state index in [2.05, 4.69) is 5.10 Å². The van der Waals surface area contributed by atoms with Crippen molar-refractivity contribution >= 4 is 17.6 Å². The maximum absolute atomic E-state index is 13.6. The molecule has 0 radical (unpaired) electrons. The van der Waals surface area contributed by atoms with Gasteiger partial charge in [-0.15, -0.1) is 0 Å². The minimum absolute atomic E-state index is 0.0104. The van der Waals surface area contributed by atoms with Crippen LogP contribution in [0.5, 0.6) is 0 Å². The van der Waals surface area contributed by atoms with Crippen LogP contribution in [0.25, 0.3) is 5.69 Å². The Hall–Kier alpha value is -1.88. The molecule has 0 saturated carbocycles. The van der Waals surface area contributed by atoms with Crippen LogP contribution in [0, 0.1) is 0 Å². The van der Waals surface area contributed by atoms with Crippen molar-refractivity contribution in [3.05, 3.63) is 47.2 Å². The lowest BCUT2D eigenvalue weighted by Crippen LogP contribution is -2.12. The molecule has 1 unspecified atom stereocenters. The number of alkyl halides is 1. The molecule has 2 rings (SSSR count). The van der Waals surface area contributed by atoms with E-state index in [1.54, 1.807) is 30.3 Å². The van der Waals surface area contributed by atoms with Gasteiger partial charge in [0.1, 0.15) is 5.69 Å². The quantitative estimate of drug-likeness (QED) is 0.916. The second kappa shape index (κ2) is 4.55. The van der Waals surface area contributed by atoms with Crippen molar-refractivity contribution in [2.75, 3.05) is 0 Å². The zero-order valence-corrected chi connectivity index (χ0v) is 9.30. The fourth-order valence-electron chi connectivity index (χ4n) is 1.46. The number of aromatic nitrogens is 2. The van der Waals surface area contributed by atoms with Crippen LogP contribution in [0.1, 0.15) is 11.9 Å². The highest BCUT2D eigenvalue weighted by Crippen LogP contribution is 2.28. The summed E-state index contributed by atoms with van der Waals surface area (Å²) in [5.74, 6) is -1.59. The van der Waals surface area contributed by atoms with Gasteiger partial charge in [0.05, 0.1) is 16.9 Å². The first kappa shape index (κ1) is 11.6. The largest absolute Gasteiger partial charge is 0.479 e. The summed E-state index contributed by atoms with van der Waals surface area (Å²) in [5.41, 5.74) is 0.378. The minimum atomic E-state index is -2.20. The molecule has 0 aliphatic rings. The van der Waals surface area contributed by atoms with Crippen molar-refractivity contribution in [2.24, 2.45) is 0 Å². The molecule has 0 amide bonds. The Bertz CT molecular complexity index is 542. The van der Waals surface area contributed by atoms with Gasteiger partial charge in [-0.25, -0.2) is 13.9 Å². The number of halogens is 2. The highest BCUT2D eigenvalue weighted by Gasteiger charge is 2.26. The fourth-order valence-corrected chi connectivity index (χ4v) is 1.68. The molecule has 0 aliphatic carbocycles. The third-order valence-electron chi connectivity index (χ3n) is 2.22. The van der Waals surface area contributed by atoms with E-state index in [1.807, 2.05) is 0 Å².